The Morgan fingerprint density at radius 3 is 2.73 bits per heavy atom. The first kappa shape index (κ1) is 10.6. The summed E-state index contributed by atoms with van der Waals surface area (Å²) in [4.78, 5) is 11.6. The number of rotatable bonds is 2. The van der Waals surface area contributed by atoms with E-state index in [0.717, 1.165) is 28.6 Å². The zero-order valence-corrected chi connectivity index (χ0v) is 10.1. The second-order valence-corrected chi connectivity index (χ2v) is 4.93. The highest BCUT2D eigenvalue weighted by Gasteiger charge is 2.45. The van der Waals surface area contributed by atoms with Gasteiger partial charge in [0.2, 0.25) is 5.91 Å². The van der Waals surface area contributed by atoms with Gasteiger partial charge >= 0.3 is 0 Å². The highest BCUT2D eigenvalue weighted by molar-refractivity contribution is 9.10. The van der Waals surface area contributed by atoms with Gasteiger partial charge in [-0.3, -0.25) is 4.79 Å². The maximum Gasteiger partial charge on any atom is 0.244 e. The molecule has 1 aromatic rings. The zero-order valence-electron chi connectivity index (χ0n) is 8.51. The van der Waals surface area contributed by atoms with E-state index in [4.69, 9.17) is 5.73 Å². The Balaban J connectivity index is 2.11. The summed E-state index contributed by atoms with van der Waals surface area (Å²) in [5.74, 6) is -0.0850. The third kappa shape index (κ3) is 2.21. The van der Waals surface area contributed by atoms with Crippen LogP contribution in [0.15, 0.2) is 22.7 Å². The Kier molecular flexibility index (Phi) is 2.56. The van der Waals surface area contributed by atoms with Crippen LogP contribution in [0.4, 0.5) is 5.69 Å². The predicted molar refractivity (Wildman–Crippen MR) is 63.7 cm³/mol. The number of hydrogen-bond donors (Lipinski definition) is 2. The molecule has 0 unspecified atom stereocenters. The first-order valence-corrected chi connectivity index (χ1v) is 5.67. The van der Waals surface area contributed by atoms with Crippen molar-refractivity contribution >= 4 is 27.5 Å². The van der Waals surface area contributed by atoms with Crippen LogP contribution in [0.25, 0.3) is 0 Å². The molecule has 0 saturated heterocycles. The van der Waals surface area contributed by atoms with E-state index in [1.165, 1.54) is 0 Å². The lowest BCUT2D eigenvalue weighted by atomic mass is 10.2. The molecule has 0 bridgehead atoms. The Labute approximate surface area is 97.2 Å². The number of benzene rings is 1. The van der Waals surface area contributed by atoms with Crippen LogP contribution in [0.1, 0.15) is 18.4 Å². The number of carbonyl (C=O) groups excluding carboxylic acids is 1. The zero-order chi connectivity index (χ0) is 11.1. The third-order valence-electron chi connectivity index (χ3n) is 2.67. The van der Waals surface area contributed by atoms with Gasteiger partial charge in [-0.1, -0.05) is 22.0 Å². The third-order valence-corrected chi connectivity index (χ3v) is 3.52. The maximum atomic E-state index is 11.6. The summed E-state index contributed by atoms with van der Waals surface area (Å²) >= 11 is 3.42. The number of nitrogens with one attached hydrogen (secondary N) is 1. The van der Waals surface area contributed by atoms with Gasteiger partial charge in [-0.25, -0.2) is 0 Å². The van der Waals surface area contributed by atoms with E-state index in [1.807, 2.05) is 25.1 Å². The molecule has 1 aromatic carbocycles. The normalized spacial score (nSPS) is 17.3. The minimum Gasteiger partial charge on any atom is -0.324 e. The lowest BCUT2D eigenvalue weighted by Gasteiger charge is -2.10. The smallest absolute Gasteiger partial charge is 0.244 e. The van der Waals surface area contributed by atoms with E-state index in [9.17, 15) is 4.79 Å². The second kappa shape index (κ2) is 3.61. The molecular formula is C11H13BrN2O. The van der Waals surface area contributed by atoms with E-state index in [-0.39, 0.29) is 5.91 Å². The standard InChI is InChI=1S/C11H13BrN2O/c1-7-2-3-8(6-9(7)12)14-10(15)11(13)4-5-11/h2-3,6H,4-5,13H2,1H3,(H,14,15). The van der Waals surface area contributed by atoms with Crippen molar-refractivity contribution in [2.24, 2.45) is 5.73 Å². The lowest BCUT2D eigenvalue weighted by Crippen LogP contribution is -2.37. The maximum absolute atomic E-state index is 11.6. The molecule has 0 aliphatic heterocycles. The van der Waals surface area contributed by atoms with E-state index >= 15 is 0 Å². The molecule has 0 heterocycles. The summed E-state index contributed by atoms with van der Waals surface area (Å²) < 4.78 is 0.988. The van der Waals surface area contributed by atoms with Crippen LogP contribution >= 0.6 is 15.9 Å². The number of hydrogen-bond acceptors (Lipinski definition) is 2. The molecule has 0 aromatic heterocycles. The van der Waals surface area contributed by atoms with Gasteiger partial charge in [0.1, 0.15) is 0 Å². The molecule has 1 amide bonds. The van der Waals surface area contributed by atoms with Crippen LogP contribution in [0.3, 0.4) is 0 Å². The summed E-state index contributed by atoms with van der Waals surface area (Å²) in [5, 5.41) is 2.82. The largest absolute Gasteiger partial charge is 0.324 e. The van der Waals surface area contributed by atoms with Gasteiger partial charge in [0.25, 0.3) is 0 Å². The molecule has 0 radical (unpaired) electrons. The Morgan fingerprint density at radius 1 is 1.53 bits per heavy atom. The van der Waals surface area contributed by atoms with Crippen LogP contribution in [-0.4, -0.2) is 11.4 Å². The Bertz CT molecular complexity index is 413. The van der Waals surface area contributed by atoms with E-state index < -0.39 is 5.54 Å². The quantitative estimate of drug-likeness (QED) is 0.864. The van der Waals surface area contributed by atoms with Gasteiger partial charge in [0.05, 0.1) is 5.54 Å². The van der Waals surface area contributed by atoms with Gasteiger partial charge in [0.15, 0.2) is 0 Å². The predicted octanol–water partition coefficient (Wildman–Crippen LogP) is 2.19. The number of halogens is 1. The second-order valence-electron chi connectivity index (χ2n) is 4.07. The van der Waals surface area contributed by atoms with Crippen molar-refractivity contribution in [3.05, 3.63) is 28.2 Å². The van der Waals surface area contributed by atoms with Crippen molar-refractivity contribution < 1.29 is 4.79 Å². The first-order valence-electron chi connectivity index (χ1n) is 4.88. The highest BCUT2D eigenvalue weighted by Crippen LogP contribution is 2.33. The average molecular weight is 269 g/mol. The fourth-order valence-corrected chi connectivity index (χ4v) is 1.67. The summed E-state index contributed by atoms with van der Waals surface area (Å²) in [6.45, 7) is 2.00. The molecule has 0 atom stereocenters. The first-order chi connectivity index (χ1) is 7.01. The molecule has 1 aliphatic rings. The molecule has 0 spiro atoms. The molecule has 1 fully saturated rings. The van der Waals surface area contributed by atoms with Crippen molar-refractivity contribution in [2.45, 2.75) is 25.3 Å². The van der Waals surface area contributed by atoms with Crippen molar-refractivity contribution in [1.82, 2.24) is 0 Å². The molecule has 2 rings (SSSR count). The van der Waals surface area contributed by atoms with E-state index in [1.54, 1.807) is 0 Å². The number of aryl methyl sites for hydroxylation is 1. The summed E-state index contributed by atoms with van der Waals surface area (Å²) in [6, 6.07) is 5.72. The molecule has 3 N–H and O–H groups in total. The molecule has 3 nitrogen and oxygen atoms in total. The summed E-state index contributed by atoms with van der Waals surface area (Å²) in [6.07, 6.45) is 1.57. The lowest BCUT2D eigenvalue weighted by molar-refractivity contribution is -0.118. The molecule has 4 heteroatoms. The molecular weight excluding hydrogens is 256 g/mol. The summed E-state index contributed by atoms with van der Waals surface area (Å²) in [5.41, 5.74) is 7.10. The molecule has 1 aliphatic carbocycles. The number of anilines is 1. The van der Waals surface area contributed by atoms with Crippen LogP contribution in [0.5, 0.6) is 0 Å². The molecule has 1 saturated carbocycles. The SMILES string of the molecule is Cc1ccc(NC(=O)C2(N)CC2)cc1Br. The topological polar surface area (TPSA) is 55.1 Å². The van der Waals surface area contributed by atoms with Crippen LogP contribution in [0.2, 0.25) is 0 Å². The van der Waals surface area contributed by atoms with Gasteiger partial charge in [-0.15, -0.1) is 0 Å². The fraction of sp³-hybridized carbons (Fsp3) is 0.364. The highest BCUT2D eigenvalue weighted by atomic mass is 79.9. The number of amides is 1. The van der Waals surface area contributed by atoms with Crippen LogP contribution in [0, 0.1) is 6.92 Å². The van der Waals surface area contributed by atoms with Gasteiger partial charge in [0, 0.05) is 10.2 Å². The van der Waals surface area contributed by atoms with Crippen LogP contribution < -0.4 is 11.1 Å². The number of nitrogens with two attached hydrogens (primary N) is 1. The molecule has 15 heavy (non-hydrogen) atoms. The van der Waals surface area contributed by atoms with Crippen LogP contribution in [-0.2, 0) is 4.79 Å². The average Bonchev–Trinajstić information content (AvgIpc) is 2.92. The van der Waals surface area contributed by atoms with Gasteiger partial charge in [-0.05, 0) is 37.5 Å². The van der Waals surface area contributed by atoms with E-state index in [2.05, 4.69) is 21.2 Å². The van der Waals surface area contributed by atoms with Crippen molar-refractivity contribution in [2.75, 3.05) is 5.32 Å². The van der Waals surface area contributed by atoms with E-state index in [0.29, 0.717) is 0 Å². The Morgan fingerprint density at radius 2 is 2.20 bits per heavy atom. The number of carbonyl (C=O) groups is 1. The van der Waals surface area contributed by atoms with Gasteiger partial charge < -0.3 is 11.1 Å². The Hall–Kier alpha value is -0.870. The van der Waals surface area contributed by atoms with Crippen molar-refractivity contribution in [3.63, 3.8) is 0 Å². The van der Waals surface area contributed by atoms with Gasteiger partial charge in [-0.2, -0.15) is 0 Å². The van der Waals surface area contributed by atoms with Crippen molar-refractivity contribution in [1.29, 1.82) is 0 Å². The monoisotopic (exact) mass is 268 g/mol. The van der Waals surface area contributed by atoms with Crippen molar-refractivity contribution in [3.8, 4) is 0 Å². The molecule has 80 valence electrons. The minimum atomic E-state index is -0.614. The fourth-order valence-electron chi connectivity index (χ4n) is 1.29. The minimum absolute atomic E-state index is 0.0850. The summed E-state index contributed by atoms with van der Waals surface area (Å²) in [7, 11) is 0.